The van der Waals surface area contributed by atoms with Gasteiger partial charge in [0.2, 0.25) is 5.91 Å². The van der Waals surface area contributed by atoms with Gasteiger partial charge in [0.05, 0.1) is 6.04 Å². The zero-order valence-corrected chi connectivity index (χ0v) is 19.2. The second-order valence-electron chi connectivity index (χ2n) is 8.27. The Morgan fingerprint density at radius 1 is 1.12 bits per heavy atom. The Labute approximate surface area is 197 Å². The number of para-hydroxylation sites is 1. The van der Waals surface area contributed by atoms with Crippen molar-refractivity contribution in [3.8, 4) is 5.75 Å². The smallest absolute Gasteiger partial charge is 0.236 e. The first kappa shape index (κ1) is 20.8. The Hall–Kier alpha value is -3.09. The highest BCUT2D eigenvalue weighted by molar-refractivity contribution is 7.80. The SMILES string of the molecule is Cc1ccc2c(c1)[C@H]1NC(=S)N(c3ccccc3)[C@@](C)(O2)[C@H]1C(=O)Nc1ccc(Cl)cc1. The molecule has 7 heteroatoms. The maximum Gasteiger partial charge on any atom is 0.236 e. The minimum atomic E-state index is -1.03. The summed E-state index contributed by atoms with van der Waals surface area (Å²) in [6.45, 7) is 3.95. The van der Waals surface area contributed by atoms with Crippen LogP contribution in [0.3, 0.4) is 0 Å². The normalized spacial score (nSPS) is 23.6. The fourth-order valence-corrected chi connectivity index (χ4v) is 5.16. The maximum atomic E-state index is 13.7. The average Bonchev–Trinajstić information content (AvgIpc) is 2.76. The molecular formula is C25H22ClN3O2S. The Balaban J connectivity index is 1.62. The molecule has 0 aromatic heterocycles. The summed E-state index contributed by atoms with van der Waals surface area (Å²) in [5.41, 5.74) is 2.50. The van der Waals surface area contributed by atoms with Crippen LogP contribution in [0.15, 0.2) is 72.8 Å². The van der Waals surface area contributed by atoms with Gasteiger partial charge in [0.15, 0.2) is 10.8 Å². The van der Waals surface area contributed by atoms with Gasteiger partial charge in [-0.05, 0) is 68.5 Å². The number of carbonyl (C=O) groups is 1. The second-order valence-corrected chi connectivity index (χ2v) is 9.09. The van der Waals surface area contributed by atoms with Crippen molar-refractivity contribution in [3.63, 3.8) is 0 Å². The highest BCUT2D eigenvalue weighted by Crippen LogP contribution is 2.50. The second kappa shape index (κ2) is 7.80. The van der Waals surface area contributed by atoms with E-state index in [1.165, 1.54) is 0 Å². The molecule has 0 saturated carbocycles. The summed E-state index contributed by atoms with van der Waals surface area (Å²) >= 11 is 11.8. The Morgan fingerprint density at radius 2 is 1.84 bits per heavy atom. The summed E-state index contributed by atoms with van der Waals surface area (Å²) in [5.74, 6) is -0.00290. The zero-order valence-electron chi connectivity index (χ0n) is 17.6. The van der Waals surface area contributed by atoms with Crippen LogP contribution in [0.1, 0.15) is 24.1 Å². The van der Waals surface area contributed by atoms with Crippen LogP contribution in [0.25, 0.3) is 0 Å². The van der Waals surface area contributed by atoms with Crippen molar-refractivity contribution >= 4 is 46.2 Å². The number of nitrogens with one attached hydrogen (secondary N) is 2. The molecule has 2 aliphatic rings. The number of hydrogen-bond acceptors (Lipinski definition) is 3. The molecule has 0 radical (unpaired) electrons. The van der Waals surface area contributed by atoms with Crippen LogP contribution in [0.2, 0.25) is 5.02 Å². The summed E-state index contributed by atoms with van der Waals surface area (Å²) in [5, 5.41) is 7.59. The zero-order chi connectivity index (χ0) is 22.5. The average molecular weight is 464 g/mol. The van der Waals surface area contributed by atoms with Gasteiger partial charge >= 0.3 is 0 Å². The van der Waals surface area contributed by atoms with E-state index >= 15 is 0 Å². The largest absolute Gasteiger partial charge is 0.467 e. The lowest BCUT2D eigenvalue weighted by molar-refractivity contribution is -0.130. The topological polar surface area (TPSA) is 53.6 Å². The van der Waals surface area contributed by atoms with Crippen LogP contribution in [-0.2, 0) is 4.79 Å². The number of anilines is 2. The van der Waals surface area contributed by atoms with E-state index in [0.717, 1.165) is 22.6 Å². The molecular weight excluding hydrogens is 442 g/mol. The van der Waals surface area contributed by atoms with Crippen molar-refractivity contribution in [1.82, 2.24) is 5.32 Å². The first-order chi connectivity index (χ1) is 15.4. The van der Waals surface area contributed by atoms with E-state index < -0.39 is 11.6 Å². The Bertz CT molecular complexity index is 1200. The van der Waals surface area contributed by atoms with Crippen molar-refractivity contribution in [2.24, 2.45) is 5.92 Å². The molecule has 0 unspecified atom stereocenters. The third kappa shape index (κ3) is 3.40. The summed E-state index contributed by atoms with van der Waals surface area (Å²) in [6, 6.07) is 22.5. The number of rotatable bonds is 3. The summed E-state index contributed by atoms with van der Waals surface area (Å²) in [4.78, 5) is 15.6. The number of fused-ring (bicyclic) bond motifs is 4. The number of amides is 1. The molecule has 2 bridgehead atoms. The fraction of sp³-hybridized carbons (Fsp3) is 0.200. The highest BCUT2D eigenvalue weighted by atomic mass is 35.5. The van der Waals surface area contributed by atoms with Gasteiger partial charge in [-0.15, -0.1) is 0 Å². The molecule has 162 valence electrons. The number of halogens is 1. The molecule has 32 heavy (non-hydrogen) atoms. The number of aryl methyl sites for hydroxylation is 1. The molecule has 2 heterocycles. The summed E-state index contributed by atoms with van der Waals surface area (Å²) in [7, 11) is 0. The molecule has 1 saturated heterocycles. The van der Waals surface area contributed by atoms with E-state index in [4.69, 9.17) is 28.6 Å². The molecule has 5 rings (SSSR count). The van der Waals surface area contributed by atoms with E-state index in [1.807, 2.05) is 61.2 Å². The number of nitrogens with zero attached hydrogens (tertiary/aromatic N) is 1. The molecule has 0 aliphatic carbocycles. The molecule has 1 fully saturated rings. The molecule has 0 spiro atoms. The fourth-order valence-electron chi connectivity index (χ4n) is 4.62. The first-order valence-electron chi connectivity index (χ1n) is 10.4. The lowest BCUT2D eigenvalue weighted by atomic mass is 9.78. The van der Waals surface area contributed by atoms with E-state index in [0.29, 0.717) is 15.8 Å². The number of thiocarbonyl (C=S) groups is 1. The number of benzene rings is 3. The van der Waals surface area contributed by atoms with Gasteiger partial charge in [0, 0.05) is 22.0 Å². The van der Waals surface area contributed by atoms with Crippen molar-refractivity contribution in [3.05, 3.63) is 88.9 Å². The van der Waals surface area contributed by atoms with Crippen LogP contribution in [0.4, 0.5) is 11.4 Å². The van der Waals surface area contributed by atoms with Crippen molar-refractivity contribution in [2.45, 2.75) is 25.6 Å². The van der Waals surface area contributed by atoms with Crippen molar-refractivity contribution in [2.75, 3.05) is 10.2 Å². The van der Waals surface area contributed by atoms with E-state index in [1.54, 1.807) is 24.3 Å². The van der Waals surface area contributed by atoms with Crippen LogP contribution in [0, 0.1) is 12.8 Å². The standard InChI is InChI=1S/C25H22ClN3O2S/c1-15-8-13-20-19(14-15)22-21(23(30)27-17-11-9-16(26)10-12-17)25(2,31-20)29(24(32)28-22)18-6-4-3-5-7-18/h3-14,21-22H,1-2H3,(H,27,30)(H,28,32)/t21-,22-,25+/m1/s1. The molecule has 5 nitrogen and oxygen atoms in total. The molecule has 1 amide bonds. The monoisotopic (exact) mass is 463 g/mol. The third-order valence-electron chi connectivity index (χ3n) is 6.06. The highest BCUT2D eigenvalue weighted by Gasteiger charge is 2.59. The molecule has 3 aromatic carbocycles. The van der Waals surface area contributed by atoms with Gasteiger partial charge in [-0.1, -0.05) is 47.5 Å². The summed E-state index contributed by atoms with van der Waals surface area (Å²) < 4.78 is 6.59. The van der Waals surface area contributed by atoms with Gasteiger partial charge in [0.25, 0.3) is 0 Å². The number of hydrogen-bond donors (Lipinski definition) is 2. The lowest BCUT2D eigenvalue weighted by Crippen LogP contribution is -2.72. The van der Waals surface area contributed by atoms with E-state index in [-0.39, 0.29) is 11.9 Å². The molecule has 2 aliphatic heterocycles. The van der Waals surface area contributed by atoms with E-state index in [2.05, 4.69) is 16.7 Å². The van der Waals surface area contributed by atoms with Crippen LogP contribution < -0.4 is 20.3 Å². The quantitative estimate of drug-likeness (QED) is 0.506. The lowest BCUT2D eigenvalue weighted by Gasteiger charge is -2.56. The predicted octanol–water partition coefficient (Wildman–Crippen LogP) is 5.45. The molecule has 2 N–H and O–H groups in total. The van der Waals surface area contributed by atoms with E-state index in [9.17, 15) is 4.79 Å². The van der Waals surface area contributed by atoms with Crippen molar-refractivity contribution in [1.29, 1.82) is 0 Å². The number of ether oxygens (including phenoxy) is 1. The minimum absolute atomic E-state index is 0.164. The Kier molecular flexibility index (Phi) is 5.07. The van der Waals surface area contributed by atoms with Crippen LogP contribution in [0.5, 0.6) is 5.75 Å². The molecule has 3 atom stereocenters. The minimum Gasteiger partial charge on any atom is -0.467 e. The van der Waals surface area contributed by atoms with Crippen LogP contribution in [-0.4, -0.2) is 16.7 Å². The van der Waals surface area contributed by atoms with Crippen LogP contribution >= 0.6 is 23.8 Å². The van der Waals surface area contributed by atoms with Gasteiger partial charge < -0.3 is 15.4 Å². The Morgan fingerprint density at radius 3 is 2.56 bits per heavy atom. The van der Waals surface area contributed by atoms with Gasteiger partial charge in [-0.3, -0.25) is 9.69 Å². The first-order valence-corrected chi connectivity index (χ1v) is 11.2. The summed E-state index contributed by atoms with van der Waals surface area (Å²) in [6.07, 6.45) is 0. The van der Waals surface area contributed by atoms with Gasteiger partial charge in [-0.2, -0.15) is 0 Å². The van der Waals surface area contributed by atoms with Crippen molar-refractivity contribution < 1.29 is 9.53 Å². The maximum absolute atomic E-state index is 13.7. The van der Waals surface area contributed by atoms with Gasteiger partial charge in [0.1, 0.15) is 11.7 Å². The molecule has 3 aromatic rings. The third-order valence-corrected chi connectivity index (χ3v) is 6.61. The number of carbonyl (C=O) groups excluding carboxylic acids is 1. The van der Waals surface area contributed by atoms with Gasteiger partial charge in [-0.25, -0.2) is 0 Å². The predicted molar refractivity (Wildman–Crippen MR) is 131 cm³/mol.